The molecule has 2 heterocycles. The van der Waals surface area contributed by atoms with E-state index in [2.05, 4.69) is 34.1 Å². The number of aryl methyl sites for hydroxylation is 1. The second kappa shape index (κ2) is 10.0. The lowest BCUT2D eigenvalue weighted by molar-refractivity contribution is 0.0937. The highest BCUT2D eigenvalue weighted by Crippen LogP contribution is 2.30. The van der Waals surface area contributed by atoms with E-state index in [0.717, 1.165) is 31.6 Å². The van der Waals surface area contributed by atoms with Crippen molar-refractivity contribution < 1.29 is 18.7 Å². The number of pyridine rings is 1. The number of rotatable bonds is 5. The van der Waals surface area contributed by atoms with E-state index < -0.39 is 23.6 Å². The van der Waals surface area contributed by atoms with Crippen molar-refractivity contribution in [1.29, 1.82) is 0 Å². The number of phenols is 1. The number of hydrogen-bond acceptors (Lipinski definition) is 4. The zero-order valence-electron chi connectivity index (χ0n) is 19.0. The molecule has 1 amide bonds. The summed E-state index contributed by atoms with van der Waals surface area (Å²) < 4.78 is 27.5. The molecule has 1 saturated heterocycles. The molecule has 1 unspecified atom stereocenters. The van der Waals surface area contributed by atoms with Gasteiger partial charge in [-0.15, -0.1) is 0 Å². The number of nitrogens with zero attached hydrogens (tertiary/aromatic N) is 2. The van der Waals surface area contributed by atoms with Crippen LogP contribution in [-0.2, 0) is 0 Å². The van der Waals surface area contributed by atoms with Gasteiger partial charge in [0, 0.05) is 36.3 Å². The summed E-state index contributed by atoms with van der Waals surface area (Å²) in [5.41, 5.74) is 2.09. The zero-order valence-corrected chi connectivity index (χ0v) is 19.0. The zero-order chi connectivity index (χ0) is 24.2. The summed E-state index contributed by atoms with van der Waals surface area (Å²) >= 11 is 0. The Morgan fingerprint density at radius 2 is 1.85 bits per heavy atom. The highest BCUT2D eigenvalue weighted by molar-refractivity contribution is 5.93. The first-order valence-corrected chi connectivity index (χ1v) is 11.0. The minimum atomic E-state index is -0.920. The third-order valence-electron chi connectivity index (χ3n) is 5.73. The molecular weight excluding hydrogens is 436 g/mol. The highest BCUT2D eigenvalue weighted by atomic mass is 19.1. The van der Waals surface area contributed by atoms with Gasteiger partial charge in [-0.25, -0.2) is 13.8 Å². The number of phenolic OH excluding ortho intramolecular Hbond substituents is 1. The minimum Gasteiger partial charge on any atom is -0.508 e. The summed E-state index contributed by atoms with van der Waals surface area (Å²) in [5.74, 6) is 5.13. The molecule has 3 aromatic rings. The monoisotopic (exact) mass is 461 g/mol. The van der Waals surface area contributed by atoms with Crippen LogP contribution < -0.4 is 5.32 Å². The molecule has 1 aliphatic heterocycles. The van der Waals surface area contributed by atoms with Crippen molar-refractivity contribution in [2.24, 2.45) is 5.92 Å². The van der Waals surface area contributed by atoms with Crippen LogP contribution >= 0.6 is 0 Å². The second-order valence-electron chi connectivity index (χ2n) is 8.64. The molecule has 0 aliphatic carbocycles. The molecule has 1 aromatic heterocycles. The lowest BCUT2D eigenvalue weighted by Gasteiger charge is -2.34. The van der Waals surface area contributed by atoms with Gasteiger partial charge in [-0.1, -0.05) is 24.0 Å². The molecule has 34 heavy (non-hydrogen) atoms. The molecule has 0 radical (unpaired) electrons. The highest BCUT2D eigenvalue weighted by Gasteiger charge is 2.23. The standard InChI is InChI=1S/C27H25F2N3O2/c1-17-12-18(4-3-5-19-15-32(2)16-19)13-24(30-17)27(34)31-26(20-6-8-21(28)9-7-20)23-14-22(29)10-11-25(23)33/h6-14,19,26,33H,5,15-16H2,1-2H3,(H,31,34). The van der Waals surface area contributed by atoms with Gasteiger partial charge in [0.1, 0.15) is 23.1 Å². The van der Waals surface area contributed by atoms with Gasteiger partial charge in [-0.3, -0.25) is 4.79 Å². The minimum absolute atomic E-state index is 0.149. The summed E-state index contributed by atoms with van der Waals surface area (Å²) in [4.78, 5) is 19.7. The summed E-state index contributed by atoms with van der Waals surface area (Å²) in [6.45, 7) is 3.85. The molecule has 5 nitrogen and oxygen atoms in total. The van der Waals surface area contributed by atoms with Crippen LogP contribution in [0.1, 0.15) is 45.3 Å². The Balaban J connectivity index is 1.60. The number of hydrogen-bond donors (Lipinski definition) is 2. The Morgan fingerprint density at radius 3 is 2.56 bits per heavy atom. The molecule has 1 aliphatic rings. The maximum atomic E-state index is 14.0. The number of nitrogens with one attached hydrogen (secondary N) is 1. The number of aromatic nitrogens is 1. The Kier molecular flexibility index (Phi) is 6.90. The smallest absolute Gasteiger partial charge is 0.270 e. The van der Waals surface area contributed by atoms with E-state index in [-0.39, 0.29) is 17.0 Å². The van der Waals surface area contributed by atoms with Crippen LogP contribution in [0, 0.1) is 36.3 Å². The normalized spacial score (nSPS) is 14.6. The average Bonchev–Trinajstić information content (AvgIpc) is 2.78. The number of carbonyl (C=O) groups is 1. The van der Waals surface area contributed by atoms with E-state index in [4.69, 9.17) is 0 Å². The van der Waals surface area contributed by atoms with Gasteiger partial charge >= 0.3 is 0 Å². The van der Waals surface area contributed by atoms with Crippen LogP contribution in [0.25, 0.3) is 0 Å². The number of amides is 1. The third kappa shape index (κ3) is 5.59. The molecule has 1 atom stereocenters. The van der Waals surface area contributed by atoms with Crippen LogP contribution in [0.2, 0.25) is 0 Å². The van der Waals surface area contributed by atoms with E-state index in [1.54, 1.807) is 13.0 Å². The Hall–Kier alpha value is -3.76. The first kappa shape index (κ1) is 23.4. The van der Waals surface area contributed by atoms with Crippen LogP contribution in [0.3, 0.4) is 0 Å². The van der Waals surface area contributed by atoms with E-state index in [0.29, 0.717) is 22.7 Å². The fourth-order valence-corrected chi connectivity index (χ4v) is 4.07. The summed E-state index contributed by atoms with van der Waals surface area (Å²) in [7, 11) is 2.07. The van der Waals surface area contributed by atoms with Gasteiger partial charge in [-0.2, -0.15) is 0 Å². The van der Waals surface area contributed by atoms with E-state index >= 15 is 0 Å². The number of benzene rings is 2. The Morgan fingerprint density at radius 1 is 1.15 bits per heavy atom. The topological polar surface area (TPSA) is 65.5 Å². The van der Waals surface area contributed by atoms with E-state index in [1.165, 1.54) is 30.3 Å². The number of carbonyl (C=O) groups excluding carboxylic acids is 1. The predicted molar refractivity (Wildman–Crippen MR) is 125 cm³/mol. The fourth-order valence-electron chi connectivity index (χ4n) is 4.07. The van der Waals surface area contributed by atoms with Crippen molar-refractivity contribution in [1.82, 2.24) is 15.2 Å². The second-order valence-corrected chi connectivity index (χ2v) is 8.64. The van der Waals surface area contributed by atoms with Gasteiger partial charge in [0.25, 0.3) is 5.91 Å². The maximum Gasteiger partial charge on any atom is 0.270 e. The summed E-state index contributed by atoms with van der Waals surface area (Å²) in [6.07, 6.45) is 0.790. The number of likely N-dealkylation sites (tertiary alicyclic amines) is 1. The lowest BCUT2D eigenvalue weighted by Crippen LogP contribution is -2.43. The Labute approximate surface area is 197 Å². The Bertz CT molecular complexity index is 1260. The molecule has 0 saturated carbocycles. The largest absolute Gasteiger partial charge is 0.508 e. The van der Waals surface area contributed by atoms with Gasteiger partial charge in [0.15, 0.2) is 0 Å². The SMILES string of the molecule is Cc1cc(C#CCC2CN(C)C2)cc(C(=O)NC(c2ccc(F)cc2)c2cc(F)ccc2O)n1. The van der Waals surface area contributed by atoms with Crippen molar-refractivity contribution in [2.45, 2.75) is 19.4 Å². The number of aromatic hydroxyl groups is 1. The van der Waals surface area contributed by atoms with Gasteiger partial charge < -0.3 is 15.3 Å². The fraction of sp³-hybridized carbons (Fsp3) is 0.259. The van der Waals surface area contributed by atoms with Crippen LogP contribution in [-0.4, -0.2) is 41.0 Å². The molecule has 2 aromatic carbocycles. The molecular formula is C27H25F2N3O2. The molecule has 2 N–H and O–H groups in total. The van der Waals surface area contributed by atoms with Crippen molar-refractivity contribution in [3.05, 3.63) is 94.3 Å². The van der Waals surface area contributed by atoms with Crippen LogP contribution in [0.4, 0.5) is 8.78 Å². The predicted octanol–water partition coefficient (Wildman–Crippen LogP) is 4.20. The third-order valence-corrected chi connectivity index (χ3v) is 5.73. The van der Waals surface area contributed by atoms with Gasteiger partial charge in [-0.05, 0) is 67.9 Å². The number of halogens is 2. The van der Waals surface area contributed by atoms with Crippen LogP contribution in [0.15, 0.2) is 54.6 Å². The van der Waals surface area contributed by atoms with Crippen molar-refractivity contribution >= 4 is 5.91 Å². The molecule has 174 valence electrons. The van der Waals surface area contributed by atoms with Crippen molar-refractivity contribution in [3.63, 3.8) is 0 Å². The first-order chi connectivity index (χ1) is 16.3. The maximum absolute atomic E-state index is 14.0. The molecule has 4 rings (SSSR count). The molecule has 0 spiro atoms. The van der Waals surface area contributed by atoms with E-state index in [9.17, 15) is 18.7 Å². The average molecular weight is 462 g/mol. The van der Waals surface area contributed by atoms with Gasteiger partial charge in [0.05, 0.1) is 6.04 Å². The molecule has 7 heteroatoms. The van der Waals surface area contributed by atoms with Crippen molar-refractivity contribution in [3.8, 4) is 17.6 Å². The molecule has 0 bridgehead atoms. The van der Waals surface area contributed by atoms with E-state index in [1.807, 2.05) is 6.07 Å². The quantitative estimate of drug-likeness (QED) is 0.559. The summed E-state index contributed by atoms with van der Waals surface area (Å²) in [5, 5.41) is 13.1. The van der Waals surface area contributed by atoms with Crippen LogP contribution in [0.5, 0.6) is 5.75 Å². The molecule has 1 fully saturated rings. The first-order valence-electron chi connectivity index (χ1n) is 11.0. The summed E-state index contributed by atoms with van der Waals surface area (Å²) in [6, 6.07) is 11.4. The lowest BCUT2D eigenvalue weighted by atomic mass is 9.97. The van der Waals surface area contributed by atoms with Crippen molar-refractivity contribution in [2.75, 3.05) is 20.1 Å². The van der Waals surface area contributed by atoms with Gasteiger partial charge in [0.2, 0.25) is 0 Å².